The zero-order chi connectivity index (χ0) is 7.40. The lowest BCUT2D eigenvalue weighted by atomic mass is 10.5. The lowest BCUT2D eigenvalue weighted by Gasteiger charge is -1.81. The van der Waals surface area contributed by atoms with Crippen LogP contribution in [-0.2, 0) is 11.2 Å². The first-order valence-corrected chi connectivity index (χ1v) is 2.89. The Morgan fingerprint density at radius 1 is 1.80 bits per heavy atom. The van der Waals surface area contributed by atoms with E-state index in [0.717, 1.165) is 0 Å². The van der Waals surface area contributed by atoms with Crippen LogP contribution >= 0.6 is 0 Å². The summed E-state index contributed by atoms with van der Waals surface area (Å²) in [5.41, 5.74) is 0. The minimum atomic E-state index is 0.215. The molecule has 0 atom stereocenters. The van der Waals surface area contributed by atoms with E-state index in [1.165, 1.54) is 0 Å². The molecule has 1 amide bonds. The molecule has 0 aliphatic heterocycles. The molecule has 1 aromatic rings. The summed E-state index contributed by atoms with van der Waals surface area (Å²) in [7, 11) is 0. The quantitative estimate of drug-likeness (QED) is 0.610. The van der Waals surface area contributed by atoms with Crippen LogP contribution in [0.3, 0.4) is 0 Å². The molecule has 0 saturated heterocycles. The lowest BCUT2D eigenvalue weighted by Crippen LogP contribution is -1.95. The van der Waals surface area contributed by atoms with Crippen molar-refractivity contribution in [2.24, 2.45) is 0 Å². The van der Waals surface area contributed by atoms with Gasteiger partial charge in [0, 0.05) is 6.42 Å². The standard InChI is InChI=1S/C5H7N3O2/c1-2-4-7-5(6-3-9)8-10-4/h3H,2H2,1H3,(H,6,8,9). The SMILES string of the molecule is CCc1nc(NC=O)no1. The van der Waals surface area contributed by atoms with Crippen molar-refractivity contribution >= 4 is 12.4 Å². The molecule has 0 aliphatic rings. The molecule has 1 heterocycles. The van der Waals surface area contributed by atoms with E-state index in [1.807, 2.05) is 6.92 Å². The van der Waals surface area contributed by atoms with Crippen molar-refractivity contribution in [1.29, 1.82) is 0 Å². The number of nitrogens with zero attached hydrogens (tertiary/aromatic N) is 2. The number of aryl methyl sites for hydroxylation is 1. The molecular weight excluding hydrogens is 134 g/mol. The van der Waals surface area contributed by atoms with Crippen molar-refractivity contribution in [2.45, 2.75) is 13.3 Å². The van der Waals surface area contributed by atoms with Crippen LogP contribution in [0.1, 0.15) is 12.8 Å². The van der Waals surface area contributed by atoms with Gasteiger partial charge in [-0.3, -0.25) is 10.1 Å². The summed E-state index contributed by atoms with van der Waals surface area (Å²) in [6, 6.07) is 0. The average molecular weight is 141 g/mol. The minimum Gasteiger partial charge on any atom is -0.337 e. The molecule has 5 nitrogen and oxygen atoms in total. The number of hydrogen-bond donors (Lipinski definition) is 1. The van der Waals surface area contributed by atoms with Crippen molar-refractivity contribution in [3.63, 3.8) is 0 Å². The number of hydrogen-bond acceptors (Lipinski definition) is 4. The predicted octanol–water partition coefficient (Wildman–Crippen LogP) is 0.200. The monoisotopic (exact) mass is 141 g/mol. The molecule has 0 spiro atoms. The normalized spacial score (nSPS) is 9.30. The third-order valence-electron chi connectivity index (χ3n) is 0.959. The van der Waals surface area contributed by atoms with E-state index < -0.39 is 0 Å². The van der Waals surface area contributed by atoms with Gasteiger partial charge in [0.05, 0.1) is 0 Å². The van der Waals surface area contributed by atoms with E-state index in [-0.39, 0.29) is 5.95 Å². The molecule has 54 valence electrons. The first-order chi connectivity index (χ1) is 4.86. The van der Waals surface area contributed by atoms with Gasteiger partial charge in [0.25, 0.3) is 5.95 Å². The second kappa shape index (κ2) is 2.95. The highest BCUT2D eigenvalue weighted by molar-refractivity contribution is 5.66. The van der Waals surface area contributed by atoms with Gasteiger partial charge < -0.3 is 4.52 Å². The fourth-order valence-corrected chi connectivity index (χ4v) is 0.510. The zero-order valence-electron chi connectivity index (χ0n) is 5.50. The molecule has 0 radical (unpaired) electrons. The van der Waals surface area contributed by atoms with Crippen molar-refractivity contribution < 1.29 is 9.32 Å². The number of nitrogens with one attached hydrogen (secondary N) is 1. The molecule has 0 aromatic carbocycles. The Morgan fingerprint density at radius 3 is 3.10 bits per heavy atom. The van der Waals surface area contributed by atoms with Gasteiger partial charge in [0.2, 0.25) is 12.3 Å². The summed E-state index contributed by atoms with van der Waals surface area (Å²) < 4.78 is 4.68. The Balaban J connectivity index is 2.67. The van der Waals surface area contributed by atoms with Crippen LogP contribution in [0.2, 0.25) is 0 Å². The second-order valence-corrected chi connectivity index (χ2v) is 1.63. The molecule has 5 heteroatoms. The van der Waals surface area contributed by atoms with Crippen molar-refractivity contribution in [3.05, 3.63) is 5.89 Å². The molecule has 1 N–H and O–H groups in total. The van der Waals surface area contributed by atoms with Crippen LogP contribution in [0.5, 0.6) is 0 Å². The summed E-state index contributed by atoms with van der Waals surface area (Å²) in [5, 5.41) is 5.71. The number of aromatic nitrogens is 2. The fraction of sp³-hybridized carbons (Fsp3) is 0.400. The van der Waals surface area contributed by atoms with E-state index in [9.17, 15) is 4.79 Å². The van der Waals surface area contributed by atoms with E-state index in [4.69, 9.17) is 0 Å². The van der Waals surface area contributed by atoms with Crippen LogP contribution in [0.4, 0.5) is 5.95 Å². The zero-order valence-corrected chi connectivity index (χ0v) is 5.50. The number of rotatable bonds is 3. The summed E-state index contributed by atoms with van der Waals surface area (Å²) in [6.07, 6.45) is 1.18. The molecule has 0 fully saturated rings. The first-order valence-electron chi connectivity index (χ1n) is 2.89. The Kier molecular flexibility index (Phi) is 1.99. The van der Waals surface area contributed by atoms with E-state index >= 15 is 0 Å². The Hall–Kier alpha value is -1.39. The lowest BCUT2D eigenvalue weighted by molar-refractivity contribution is -0.105. The largest absolute Gasteiger partial charge is 0.337 e. The third kappa shape index (κ3) is 1.31. The number of amides is 1. The van der Waals surface area contributed by atoms with E-state index in [0.29, 0.717) is 18.7 Å². The van der Waals surface area contributed by atoms with Gasteiger partial charge in [-0.05, 0) is 5.16 Å². The van der Waals surface area contributed by atoms with Gasteiger partial charge in [-0.2, -0.15) is 4.98 Å². The van der Waals surface area contributed by atoms with Crippen LogP contribution in [-0.4, -0.2) is 16.6 Å². The van der Waals surface area contributed by atoms with Gasteiger partial charge in [-0.15, -0.1) is 0 Å². The van der Waals surface area contributed by atoms with Gasteiger partial charge >= 0.3 is 0 Å². The highest BCUT2D eigenvalue weighted by Crippen LogP contribution is 2.00. The summed E-state index contributed by atoms with van der Waals surface area (Å²) in [5.74, 6) is 0.733. The van der Waals surface area contributed by atoms with Crippen LogP contribution < -0.4 is 5.32 Å². The van der Waals surface area contributed by atoms with Gasteiger partial charge in [-0.1, -0.05) is 6.92 Å². The maximum absolute atomic E-state index is 9.84. The maximum atomic E-state index is 9.84. The summed E-state index contributed by atoms with van der Waals surface area (Å²) in [4.78, 5) is 13.6. The molecule has 0 saturated carbocycles. The maximum Gasteiger partial charge on any atom is 0.269 e. The molecule has 0 aliphatic carbocycles. The highest BCUT2D eigenvalue weighted by atomic mass is 16.5. The molecule has 1 aromatic heterocycles. The Labute approximate surface area is 57.4 Å². The van der Waals surface area contributed by atoms with Crippen molar-refractivity contribution in [1.82, 2.24) is 10.1 Å². The fourth-order valence-electron chi connectivity index (χ4n) is 0.510. The Morgan fingerprint density at radius 2 is 2.60 bits per heavy atom. The summed E-state index contributed by atoms with van der Waals surface area (Å²) in [6.45, 7) is 1.89. The highest BCUT2D eigenvalue weighted by Gasteiger charge is 2.00. The van der Waals surface area contributed by atoms with Crippen LogP contribution in [0, 0.1) is 0 Å². The molecule has 0 unspecified atom stereocenters. The average Bonchev–Trinajstić information content (AvgIpc) is 2.37. The topological polar surface area (TPSA) is 68.0 Å². The van der Waals surface area contributed by atoms with Gasteiger partial charge in [0.1, 0.15) is 0 Å². The molecule has 0 bridgehead atoms. The third-order valence-corrected chi connectivity index (χ3v) is 0.959. The number of carbonyl (C=O) groups excluding carboxylic acids is 1. The van der Waals surface area contributed by atoms with Crippen molar-refractivity contribution in [2.75, 3.05) is 5.32 Å². The number of carbonyl (C=O) groups is 1. The predicted molar refractivity (Wildman–Crippen MR) is 33.4 cm³/mol. The second-order valence-electron chi connectivity index (χ2n) is 1.63. The van der Waals surface area contributed by atoms with E-state index in [1.54, 1.807) is 0 Å². The molecular formula is C5H7N3O2. The number of anilines is 1. The Bertz CT molecular complexity index is 220. The van der Waals surface area contributed by atoms with Crippen molar-refractivity contribution in [3.8, 4) is 0 Å². The molecule has 1 rings (SSSR count). The van der Waals surface area contributed by atoms with Crippen LogP contribution in [0.15, 0.2) is 4.52 Å². The molecule has 10 heavy (non-hydrogen) atoms. The smallest absolute Gasteiger partial charge is 0.269 e. The van der Waals surface area contributed by atoms with E-state index in [2.05, 4.69) is 20.0 Å². The minimum absolute atomic E-state index is 0.215. The first kappa shape index (κ1) is 6.73. The summed E-state index contributed by atoms with van der Waals surface area (Å²) >= 11 is 0. The van der Waals surface area contributed by atoms with Gasteiger partial charge in [0.15, 0.2) is 0 Å². The van der Waals surface area contributed by atoms with Gasteiger partial charge in [-0.25, -0.2) is 0 Å². The van der Waals surface area contributed by atoms with Crippen LogP contribution in [0.25, 0.3) is 0 Å².